The zero-order valence-corrected chi connectivity index (χ0v) is 11.6. The smallest absolute Gasteiger partial charge is 0.131 e. The molecule has 20 heavy (non-hydrogen) atoms. The number of hydrogen-bond donors (Lipinski definition) is 1. The second kappa shape index (κ2) is 5.78. The summed E-state index contributed by atoms with van der Waals surface area (Å²) in [5.41, 5.74) is 0.663. The van der Waals surface area contributed by atoms with E-state index in [1.807, 2.05) is 0 Å². The standard InChI is InChI=1S/C16H21F2NO/c17-12-4-5-13(14(18)8-12)15-9-19-10-16(11-20-15)6-2-1-3-7-16/h4-5,8,15,19H,1-3,6-7,9-11H2. The van der Waals surface area contributed by atoms with Gasteiger partial charge in [-0.25, -0.2) is 8.78 Å². The molecule has 1 heterocycles. The van der Waals surface area contributed by atoms with E-state index in [4.69, 9.17) is 4.74 Å². The Hall–Kier alpha value is -1.00. The van der Waals surface area contributed by atoms with Crippen LogP contribution in [-0.4, -0.2) is 19.7 Å². The minimum Gasteiger partial charge on any atom is -0.371 e. The maximum Gasteiger partial charge on any atom is 0.131 e. The van der Waals surface area contributed by atoms with Crippen molar-refractivity contribution in [3.05, 3.63) is 35.4 Å². The van der Waals surface area contributed by atoms with E-state index in [-0.39, 0.29) is 11.5 Å². The summed E-state index contributed by atoms with van der Waals surface area (Å²) in [6.45, 7) is 2.19. The summed E-state index contributed by atoms with van der Waals surface area (Å²) in [7, 11) is 0. The molecule has 1 N–H and O–H groups in total. The van der Waals surface area contributed by atoms with Gasteiger partial charge in [0.25, 0.3) is 0 Å². The molecule has 0 amide bonds. The lowest BCUT2D eigenvalue weighted by Crippen LogP contribution is -2.37. The second-order valence-electron chi connectivity index (χ2n) is 6.16. The molecular formula is C16H21F2NO. The van der Waals surface area contributed by atoms with Crippen molar-refractivity contribution in [1.29, 1.82) is 0 Å². The number of halogens is 2. The van der Waals surface area contributed by atoms with Gasteiger partial charge in [0.1, 0.15) is 11.6 Å². The van der Waals surface area contributed by atoms with E-state index >= 15 is 0 Å². The van der Waals surface area contributed by atoms with Crippen LogP contribution in [0.1, 0.15) is 43.8 Å². The van der Waals surface area contributed by atoms with Gasteiger partial charge in [-0.05, 0) is 18.9 Å². The summed E-state index contributed by atoms with van der Waals surface area (Å²) in [6, 6.07) is 3.72. The zero-order valence-electron chi connectivity index (χ0n) is 11.6. The first-order valence-electron chi connectivity index (χ1n) is 7.46. The normalized spacial score (nSPS) is 26.4. The fraction of sp³-hybridized carbons (Fsp3) is 0.625. The molecule has 1 saturated heterocycles. The summed E-state index contributed by atoms with van der Waals surface area (Å²) >= 11 is 0. The van der Waals surface area contributed by atoms with E-state index in [0.29, 0.717) is 18.7 Å². The summed E-state index contributed by atoms with van der Waals surface area (Å²) in [4.78, 5) is 0. The van der Waals surface area contributed by atoms with Crippen LogP contribution in [0.3, 0.4) is 0 Å². The predicted octanol–water partition coefficient (Wildman–Crippen LogP) is 3.58. The van der Waals surface area contributed by atoms with E-state index in [1.165, 1.54) is 44.2 Å². The molecule has 2 fully saturated rings. The third-order valence-electron chi connectivity index (χ3n) is 4.64. The molecule has 1 saturated carbocycles. The minimum absolute atomic E-state index is 0.212. The molecule has 1 aromatic rings. The first kappa shape index (κ1) is 14.0. The third kappa shape index (κ3) is 2.86. The first-order chi connectivity index (χ1) is 9.69. The van der Waals surface area contributed by atoms with Gasteiger partial charge < -0.3 is 10.1 Å². The minimum atomic E-state index is -0.545. The molecule has 110 valence electrons. The molecule has 1 aliphatic heterocycles. The number of rotatable bonds is 1. The molecule has 2 nitrogen and oxygen atoms in total. The van der Waals surface area contributed by atoms with Gasteiger partial charge in [-0.2, -0.15) is 0 Å². The molecule has 0 aromatic heterocycles. The summed E-state index contributed by atoms with van der Waals surface area (Å²) in [5.74, 6) is -1.06. The summed E-state index contributed by atoms with van der Waals surface area (Å²) in [6.07, 6.45) is 5.84. The average Bonchev–Trinajstić information content (AvgIpc) is 2.63. The van der Waals surface area contributed by atoms with Crippen molar-refractivity contribution in [2.45, 2.75) is 38.2 Å². The first-order valence-corrected chi connectivity index (χ1v) is 7.46. The number of hydrogen-bond acceptors (Lipinski definition) is 2. The van der Waals surface area contributed by atoms with Gasteiger partial charge in [-0.1, -0.05) is 25.3 Å². The van der Waals surface area contributed by atoms with Crippen molar-refractivity contribution in [3.63, 3.8) is 0 Å². The fourth-order valence-electron chi connectivity index (χ4n) is 3.44. The van der Waals surface area contributed by atoms with Gasteiger partial charge in [-0.3, -0.25) is 0 Å². The summed E-state index contributed by atoms with van der Waals surface area (Å²) < 4.78 is 32.8. The Morgan fingerprint density at radius 2 is 1.95 bits per heavy atom. The molecule has 1 unspecified atom stereocenters. The van der Waals surface area contributed by atoms with Crippen LogP contribution >= 0.6 is 0 Å². The van der Waals surface area contributed by atoms with Gasteiger partial charge in [0.15, 0.2) is 0 Å². The Bertz CT molecular complexity index is 472. The van der Waals surface area contributed by atoms with Crippen LogP contribution in [0.4, 0.5) is 8.78 Å². The highest BCUT2D eigenvalue weighted by atomic mass is 19.1. The largest absolute Gasteiger partial charge is 0.371 e. The lowest BCUT2D eigenvalue weighted by Gasteiger charge is -2.35. The molecule has 2 aliphatic rings. The van der Waals surface area contributed by atoms with Crippen LogP contribution in [0.2, 0.25) is 0 Å². The maximum absolute atomic E-state index is 13.9. The SMILES string of the molecule is Fc1ccc(C2CNCC3(CCCCC3)CO2)c(F)c1. The Balaban J connectivity index is 1.73. The lowest BCUT2D eigenvalue weighted by atomic mass is 9.74. The zero-order chi connectivity index (χ0) is 14.0. The van der Waals surface area contributed by atoms with Crippen LogP contribution in [-0.2, 0) is 4.74 Å². The van der Waals surface area contributed by atoms with Crippen molar-refractivity contribution in [2.75, 3.05) is 19.7 Å². The van der Waals surface area contributed by atoms with Crippen LogP contribution in [0.5, 0.6) is 0 Å². The van der Waals surface area contributed by atoms with Crippen molar-refractivity contribution in [1.82, 2.24) is 5.32 Å². The lowest BCUT2D eigenvalue weighted by molar-refractivity contribution is -0.00276. The van der Waals surface area contributed by atoms with E-state index in [9.17, 15) is 8.78 Å². The molecule has 1 aliphatic carbocycles. The Labute approximate surface area is 118 Å². The Morgan fingerprint density at radius 3 is 2.70 bits per heavy atom. The molecular weight excluding hydrogens is 260 g/mol. The number of nitrogens with one attached hydrogen (secondary N) is 1. The number of benzene rings is 1. The fourth-order valence-corrected chi connectivity index (χ4v) is 3.44. The molecule has 0 bridgehead atoms. The maximum atomic E-state index is 13.9. The van der Waals surface area contributed by atoms with Crippen LogP contribution in [0.25, 0.3) is 0 Å². The van der Waals surface area contributed by atoms with Crippen molar-refractivity contribution in [3.8, 4) is 0 Å². The van der Waals surface area contributed by atoms with Gasteiger partial charge in [-0.15, -0.1) is 0 Å². The van der Waals surface area contributed by atoms with Gasteiger partial charge in [0, 0.05) is 30.1 Å². The quantitative estimate of drug-likeness (QED) is 0.849. The molecule has 1 spiro atoms. The number of ether oxygens (including phenoxy) is 1. The third-order valence-corrected chi connectivity index (χ3v) is 4.64. The molecule has 0 radical (unpaired) electrons. The highest BCUT2D eigenvalue weighted by Gasteiger charge is 2.35. The topological polar surface area (TPSA) is 21.3 Å². The Morgan fingerprint density at radius 1 is 1.15 bits per heavy atom. The molecule has 4 heteroatoms. The van der Waals surface area contributed by atoms with Crippen molar-refractivity contribution in [2.24, 2.45) is 5.41 Å². The highest BCUT2D eigenvalue weighted by Crippen LogP contribution is 2.38. The summed E-state index contributed by atoms with van der Waals surface area (Å²) in [5, 5.41) is 3.41. The average molecular weight is 281 g/mol. The molecule has 1 aromatic carbocycles. The Kier molecular flexibility index (Phi) is 4.03. The van der Waals surface area contributed by atoms with Gasteiger partial charge in [0.2, 0.25) is 0 Å². The van der Waals surface area contributed by atoms with Crippen molar-refractivity contribution < 1.29 is 13.5 Å². The molecule has 1 atom stereocenters. The van der Waals surface area contributed by atoms with Crippen LogP contribution in [0, 0.1) is 17.0 Å². The second-order valence-corrected chi connectivity index (χ2v) is 6.16. The molecule has 3 rings (SSSR count). The van der Waals surface area contributed by atoms with E-state index in [1.54, 1.807) is 0 Å². The van der Waals surface area contributed by atoms with Gasteiger partial charge in [0.05, 0.1) is 12.7 Å². The van der Waals surface area contributed by atoms with Crippen LogP contribution < -0.4 is 5.32 Å². The van der Waals surface area contributed by atoms with E-state index < -0.39 is 11.6 Å². The van der Waals surface area contributed by atoms with E-state index in [2.05, 4.69) is 5.32 Å². The van der Waals surface area contributed by atoms with Crippen molar-refractivity contribution >= 4 is 0 Å². The van der Waals surface area contributed by atoms with E-state index in [0.717, 1.165) is 12.6 Å². The van der Waals surface area contributed by atoms with Crippen LogP contribution in [0.15, 0.2) is 18.2 Å². The predicted molar refractivity (Wildman–Crippen MR) is 73.4 cm³/mol. The van der Waals surface area contributed by atoms with Gasteiger partial charge >= 0.3 is 0 Å². The monoisotopic (exact) mass is 281 g/mol. The highest BCUT2D eigenvalue weighted by molar-refractivity contribution is 5.21.